The molecule has 0 saturated carbocycles. The molecule has 100 valence electrons. The minimum atomic E-state index is -3.90. The van der Waals surface area contributed by atoms with E-state index in [-0.39, 0.29) is 16.4 Å². The number of aromatic nitrogens is 1. The fourth-order valence-corrected chi connectivity index (χ4v) is 2.92. The van der Waals surface area contributed by atoms with Crippen LogP contribution in [0, 0.1) is 5.95 Å². The van der Waals surface area contributed by atoms with Crippen LogP contribution in [0.1, 0.15) is 0 Å². The Morgan fingerprint density at radius 1 is 1.26 bits per heavy atom. The first-order chi connectivity index (χ1) is 8.88. The van der Waals surface area contributed by atoms with Crippen LogP contribution >= 0.6 is 15.9 Å². The van der Waals surface area contributed by atoms with Crippen LogP contribution in [0.2, 0.25) is 0 Å². The molecule has 2 rings (SSSR count). The van der Waals surface area contributed by atoms with Crippen LogP contribution in [0.5, 0.6) is 0 Å². The number of anilines is 2. The van der Waals surface area contributed by atoms with Gasteiger partial charge in [0.05, 0.1) is 5.69 Å². The third-order valence-electron chi connectivity index (χ3n) is 2.22. The normalized spacial score (nSPS) is 11.3. The third-order valence-corrected chi connectivity index (χ3v) is 4.14. The van der Waals surface area contributed by atoms with Gasteiger partial charge in [-0.2, -0.15) is 4.39 Å². The minimum absolute atomic E-state index is 0.0817. The number of hydrogen-bond donors (Lipinski definition) is 2. The summed E-state index contributed by atoms with van der Waals surface area (Å²) < 4.78 is 39.9. The van der Waals surface area contributed by atoms with Crippen molar-refractivity contribution in [3.8, 4) is 0 Å². The SMILES string of the molecule is Nc1cc(Br)ccc1S(=O)(=O)Nc1cccc(F)n1. The molecule has 0 aliphatic rings. The van der Waals surface area contributed by atoms with E-state index < -0.39 is 16.0 Å². The van der Waals surface area contributed by atoms with Crippen LogP contribution in [-0.4, -0.2) is 13.4 Å². The van der Waals surface area contributed by atoms with Gasteiger partial charge in [0.1, 0.15) is 10.7 Å². The Kier molecular flexibility index (Phi) is 3.72. The Morgan fingerprint density at radius 3 is 2.63 bits per heavy atom. The number of pyridine rings is 1. The number of benzene rings is 1. The molecule has 0 bridgehead atoms. The molecule has 8 heteroatoms. The number of sulfonamides is 1. The quantitative estimate of drug-likeness (QED) is 0.660. The largest absolute Gasteiger partial charge is 0.398 e. The average Bonchev–Trinajstić information content (AvgIpc) is 2.27. The lowest BCUT2D eigenvalue weighted by Gasteiger charge is -2.09. The zero-order chi connectivity index (χ0) is 14.0. The highest BCUT2D eigenvalue weighted by molar-refractivity contribution is 9.10. The number of nitrogens with one attached hydrogen (secondary N) is 1. The molecule has 1 aromatic carbocycles. The van der Waals surface area contributed by atoms with Crippen molar-refractivity contribution in [2.24, 2.45) is 0 Å². The summed E-state index contributed by atoms with van der Waals surface area (Å²) in [6.07, 6.45) is 0. The van der Waals surface area contributed by atoms with Crippen molar-refractivity contribution < 1.29 is 12.8 Å². The van der Waals surface area contributed by atoms with Crippen LogP contribution in [0.15, 0.2) is 45.8 Å². The number of hydrogen-bond acceptors (Lipinski definition) is 4. The van der Waals surface area contributed by atoms with Gasteiger partial charge in [0.15, 0.2) is 0 Å². The van der Waals surface area contributed by atoms with Gasteiger partial charge in [0.2, 0.25) is 5.95 Å². The van der Waals surface area contributed by atoms with E-state index in [0.29, 0.717) is 4.47 Å². The highest BCUT2D eigenvalue weighted by atomic mass is 79.9. The molecule has 0 spiro atoms. The van der Waals surface area contributed by atoms with E-state index in [0.717, 1.165) is 6.07 Å². The lowest BCUT2D eigenvalue weighted by atomic mass is 10.3. The molecule has 0 saturated heterocycles. The van der Waals surface area contributed by atoms with Gasteiger partial charge in [-0.15, -0.1) is 0 Å². The Balaban J connectivity index is 2.38. The number of nitrogens with zero attached hydrogens (tertiary/aromatic N) is 1. The van der Waals surface area contributed by atoms with E-state index in [4.69, 9.17) is 5.73 Å². The van der Waals surface area contributed by atoms with Crippen molar-refractivity contribution >= 4 is 37.5 Å². The summed E-state index contributed by atoms with van der Waals surface area (Å²) in [5.74, 6) is -0.883. The van der Waals surface area contributed by atoms with Crippen LogP contribution in [-0.2, 0) is 10.0 Å². The molecule has 0 aliphatic carbocycles. The van der Waals surface area contributed by atoms with Crippen LogP contribution in [0.25, 0.3) is 0 Å². The summed E-state index contributed by atoms with van der Waals surface area (Å²) >= 11 is 3.18. The van der Waals surface area contributed by atoms with E-state index in [9.17, 15) is 12.8 Å². The molecule has 0 fully saturated rings. The van der Waals surface area contributed by atoms with Crippen LogP contribution < -0.4 is 10.5 Å². The fourth-order valence-electron chi connectivity index (χ4n) is 1.42. The molecule has 0 radical (unpaired) electrons. The van der Waals surface area contributed by atoms with Gasteiger partial charge in [0, 0.05) is 4.47 Å². The standard InChI is InChI=1S/C11H9BrFN3O2S/c12-7-4-5-9(8(14)6-7)19(17,18)16-11-3-1-2-10(13)15-11/h1-6H,14H2,(H,15,16). The first-order valence-electron chi connectivity index (χ1n) is 5.09. The lowest BCUT2D eigenvalue weighted by molar-refractivity contribution is 0.584. The predicted octanol–water partition coefficient (Wildman–Crippen LogP) is 2.37. The van der Waals surface area contributed by atoms with Crippen LogP contribution in [0.3, 0.4) is 0 Å². The van der Waals surface area contributed by atoms with Gasteiger partial charge in [-0.05, 0) is 30.3 Å². The Bertz CT molecular complexity index is 722. The second-order valence-electron chi connectivity index (χ2n) is 3.63. The zero-order valence-electron chi connectivity index (χ0n) is 9.47. The van der Waals surface area contributed by atoms with Gasteiger partial charge in [-0.1, -0.05) is 22.0 Å². The zero-order valence-corrected chi connectivity index (χ0v) is 11.9. The fraction of sp³-hybridized carbons (Fsp3) is 0. The summed E-state index contributed by atoms with van der Waals surface area (Å²) in [5.41, 5.74) is 5.73. The highest BCUT2D eigenvalue weighted by Gasteiger charge is 2.18. The summed E-state index contributed by atoms with van der Waals surface area (Å²) in [6, 6.07) is 8.17. The Hall–Kier alpha value is -1.67. The van der Waals surface area contributed by atoms with E-state index in [1.54, 1.807) is 6.07 Å². The van der Waals surface area contributed by atoms with E-state index >= 15 is 0 Å². The molecule has 0 atom stereocenters. The second-order valence-corrected chi connectivity index (χ2v) is 6.20. The van der Waals surface area contributed by atoms with Crippen molar-refractivity contribution in [1.82, 2.24) is 4.98 Å². The van der Waals surface area contributed by atoms with Crippen molar-refractivity contribution in [2.45, 2.75) is 4.90 Å². The maximum Gasteiger partial charge on any atom is 0.265 e. The maximum atomic E-state index is 12.9. The molecule has 0 aliphatic heterocycles. The summed E-state index contributed by atoms with van der Waals surface area (Å²) in [4.78, 5) is 3.33. The number of nitrogens with two attached hydrogens (primary N) is 1. The molecule has 3 N–H and O–H groups in total. The molecular weight excluding hydrogens is 337 g/mol. The summed E-state index contributed by atoms with van der Waals surface area (Å²) in [7, 11) is -3.90. The topological polar surface area (TPSA) is 85.1 Å². The lowest BCUT2D eigenvalue weighted by Crippen LogP contribution is -2.15. The van der Waals surface area contributed by atoms with E-state index in [2.05, 4.69) is 25.6 Å². The van der Waals surface area contributed by atoms with Crippen molar-refractivity contribution in [2.75, 3.05) is 10.5 Å². The van der Waals surface area contributed by atoms with Crippen molar-refractivity contribution in [3.63, 3.8) is 0 Å². The van der Waals surface area contributed by atoms with Gasteiger partial charge >= 0.3 is 0 Å². The number of nitrogen functional groups attached to an aromatic ring is 1. The third kappa shape index (κ3) is 3.21. The molecule has 5 nitrogen and oxygen atoms in total. The minimum Gasteiger partial charge on any atom is -0.398 e. The summed E-state index contributed by atoms with van der Waals surface area (Å²) in [5, 5.41) is 0. The first-order valence-corrected chi connectivity index (χ1v) is 7.36. The molecule has 19 heavy (non-hydrogen) atoms. The maximum absolute atomic E-state index is 12.9. The highest BCUT2D eigenvalue weighted by Crippen LogP contribution is 2.24. The molecule has 1 heterocycles. The van der Waals surface area contributed by atoms with Crippen LogP contribution in [0.4, 0.5) is 15.9 Å². The molecule has 0 amide bonds. The van der Waals surface area contributed by atoms with Gasteiger partial charge in [-0.3, -0.25) is 4.72 Å². The predicted molar refractivity (Wildman–Crippen MR) is 73.6 cm³/mol. The van der Waals surface area contributed by atoms with Crippen molar-refractivity contribution in [1.29, 1.82) is 0 Å². The van der Waals surface area contributed by atoms with E-state index in [1.807, 2.05) is 0 Å². The molecule has 2 aromatic rings. The molecule has 0 unspecified atom stereocenters. The molecule has 1 aromatic heterocycles. The summed E-state index contributed by atoms with van der Waals surface area (Å²) in [6.45, 7) is 0. The number of halogens is 2. The van der Waals surface area contributed by atoms with Gasteiger partial charge in [0.25, 0.3) is 10.0 Å². The smallest absolute Gasteiger partial charge is 0.265 e. The van der Waals surface area contributed by atoms with Gasteiger partial charge < -0.3 is 5.73 Å². The van der Waals surface area contributed by atoms with E-state index in [1.165, 1.54) is 24.3 Å². The first kappa shape index (κ1) is 13.8. The second kappa shape index (κ2) is 5.14. The molecular formula is C11H9BrFN3O2S. The van der Waals surface area contributed by atoms with Gasteiger partial charge in [-0.25, -0.2) is 13.4 Å². The average molecular weight is 346 g/mol. The monoisotopic (exact) mass is 345 g/mol. The van der Waals surface area contributed by atoms with Crippen molar-refractivity contribution in [3.05, 3.63) is 46.8 Å². The Labute approximate surface area is 117 Å². The number of rotatable bonds is 3. The Morgan fingerprint density at radius 2 is 2.00 bits per heavy atom.